The molecule has 0 aliphatic rings. The van der Waals surface area contributed by atoms with Crippen LogP contribution in [0, 0.1) is 0 Å². The van der Waals surface area contributed by atoms with Gasteiger partial charge in [-0.15, -0.1) is 0 Å². The lowest BCUT2D eigenvalue weighted by atomic mass is 9.91. The molecular weight excluding hydrogens is 350 g/mol. The number of ketones is 1. The summed E-state index contributed by atoms with van der Waals surface area (Å²) in [5.41, 5.74) is 0.568. The van der Waals surface area contributed by atoms with Crippen molar-refractivity contribution in [3.05, 3.63) is 35.4 Å². The normalized spacial score (nSPS) is 10.8. The van der Waals surface area contributed by atoms with Gasteiger partial charge in [-0.05, 0) is 18.4 Å². The van der Waals surface area contributed by atoms with Crippen LogP contribution in [0.5, 0.6) is 0 Å². The fourth-order valence-corrected chi connectivity index (χ4v) is 2.62. The van der Waals surface area contributed by atoms with Crippen LogP contribution >= 0.6 is 0 Å². The highest BCUT2D eigenvalue weighted by Gasteiger charge is 2.34. The molecule has 7 nitrogen and oxygen atoms in total. The Hall–Kier alpha value is -2.70. The topological polar surface area (TPSA) is 98.8 Å². The molecule has 0 aliphatic heterocycles. The second-order valence-electron chi connectivity index (χ2n) is 6.50. The van der Waals surface area contributed by atoms with Crippen LogP contribution in [0.3, 0.4) is 0 Å². The molecule has 0 saturated heterocycles. The zero-order chi connectivity index (χ0) is 20.4. The minimum Gasteiger partial charge on any atom is -0.463 e. The highest BCUT2D eigenvalue weighted by Crippen LogP contribution is 2.18. The summed E-state index contributed by atoms with van der Waals surface area (Å²) < 4.78 is 10.2. The van der Waals surface area contributed by atoms with E-state index in [2.05, 4.69) is 5.32 Å². The molecule has 1 aromatic carbocycles. The predicted molar refractivity (Wildman–Crippen MR) is 99.2 cm³/mol. The number of rotatable bonds is 10. The Morgan fingerprint density at radius 1 is 0.926 bits per heavy atom. The maximum atomic E-state index is 11.7. The number of aryl methyl sites for hydroxylation is 1. The number of carbonyl (C=O) groups excluding carboxylic acids is 4. The average Bonchev–Trinajstić information content (AvgIpc) is 2.62. The number of benzene rings is 1. The van der Waals surface area contributed by atoms with Gasteiger partial charge in [0.25, 0.3) is 0 Å². The molecule has 1 N–H and O–H groups in total. The van der Waals surface area contributed by atoms with Crippen molar-refractivity contribution in [2.24, 2.45) is 0 Å². The van der Waals surface area contributed by atoms with E-state index in [0.717, 1.165) is 5.56 Å². The van der Waals surface area contributed by atoms with Gasteiger partial charge in [0, 0.05) is 32.8 Å². The molecule has 0 aliphatic carbocycles. The molecular formula is C20H27NO6. The van der Waals surface area contributed by atoms with Gasteiger partial charge in [-0.1, -0.05) is 31.2 Å². The van der Waals surface area contributed by atoms with E-state index in [1.165, 1.54) is 20.8 Å². The van der Waals surface area contributed by atoms with Gasteiger partial charge in [-0.2, -0.15) is 0 Å². The summed E-state index contributed by atoms with van der Waals surface area (Å²) >= 11 is 0. The number of amides is 1. The quantitative estimate of drug-likeness (QED) is 0.496. The lowest BCUT2D eigenvalue weighted by molar-refractivity contribution is -0.150. The maximum Gasteiger partial charge on any atom is 0.302 e. The minimum atomic E-state index is -1.03. The van der Waals surface area contributed by atoms with Crippen LogP contribution in [0.4, 0.5) is 0 Å². The van der Waals surface area contributed by atoms with Gasteiger partial charge in [0.15, 0.2) is 5.78 Å². The molecule has 0 saturated carbocycles. The molecule has 1 rings (SSSR count). The molecule has 1 aromatic rings. The zero-order valence-corrected chi connectivity index (χ0v) is 16.3. The van der Waals surface area contributed by atoms with Crippen molar-refractivity contribution in [1.29, 1.82) is 0 Å². The van der Waals surface area contributed by atoms with Crippen molar-refractivity contribution < 1.29 is 28.7 Å². The Morgan fingerprint density at radius 2 is 1.44 bits per heavy atom. The summed E-state index contributed by atoms with van der Waals surface area (Å²) in [6, 6.07) is 7.22. The standard InChI is InChI=1S/C20H27NO6/c1-5-19(25)18-8-6-17(7-9-18)10-11-20(21-14(2)22,12-26-15(3)23)13-27-16(4)24/h6-9H,5,10-13H2,1-4H3,(H,21,22). The molecule has 0 aromatic heterocycles. The van der Waals surface area contributed by atoms with E-state index in [-0.39, 0.29) is 24.9 Å². The van der Waals surface area contributed by atoms with Gasteiger partial charge in [-0.25, -0.2) is 0 Å². The van der Waals surface area contributed by atoms with E-state index >= 15 is 0 Å². The molecule has 0 atom stereocenters. The molecule has 27 heavy (non-hydrogen) atoms. The number of ether oxygens (including phenoxy) is 2. The summed E-state index contributed by atoms with van der Waals surface area (Å²) in [5.74, 6) is -1.23. The van der Waals surface area contributed by atoms with Gasteiger partial charge < -0.3 is 14.8 Å². The number of nitrogens with one attached hydrogen (secondary N) is 1. The monoisotopic (exact) mass is 377 g/mol. The molecule has 0 unspecified atom stereocenters. The van der Waals surface area contributed by atoms with Crippen molar-refractivity contribution >= 4 is 23.6 Å². The van der Waals surface area contributed by atoms with Crippen LogP contribution < -0.4 is 5.32 Å². The van der Waals surface area contributed by atoms with E-state index in [4.69, 9.17) is 9.47 Å². The third kappa shape index (κ3) is 8.02. The third-order valence-corrected chi connectivity index (χ3v) is 4.03. The van der Waals surface area contributed by atoms with Crippen molar-refractivity contribution in [1.82, 2.24) is 5.32 Å². The van der Waals surface area contributed by atoms with Gasteiger partial charge in [0.2, 0.25) is 5.91 Å². The summed E-state index contributed by atoms with van der Waals surface area (Å²) in [6.07, 6.45) is 1.35. The van der Waals surface area contributed by atoms with E-state index < -0.39 is 17.5 Å². The SMILES string of the molecule is CCC(=O)c1ccc(CCC(COC(C)=O)(COC(C)=O)NC(C)=O)cc1. The van der Waals surface area contributed by atoms with Crippen molar-refractivity contribution in [3.8, 4) is 0 Å². The Morgan fingerprint density at radius 3 is 1.85 bits per heavy atom. The lowest BCUT2D eigenvalue weighted by Gasteiger charge is -2.33. The summed E-state index contributed by atoms with van der Waals surface area (Å²) in [5, 5.41) is 2.77. The first kappa shape index (κ1) is 22.3. The van der Waals surface area contributed by atoms with E-state index in [1.807, 2.05) is 19.1 Å². The van der Waals surface area contributed by atoms with Crippen LogP contribution in [0.15, 0.2) is 24.3 Å². The molecule has 0 bridgehead atoms. The predicted octanol–water partition coefficient (Wildman–Crippen LogP) is 2.21. The first-order valence-electron chi connectivity index (χ1n) is 8.85. The summed E-state index contributed by atoms with van der Waals surface area (Å²) in [7, 11) is 0. The Labute approximate surface area is 159 Å². The highest BCUT2D eigenvalue weighted by molar-refractivity contribution is 5.95. The van der Waals surface area contributed by atoms with E-state index in [0.29, 0.717) is 24.8 Å². The largest absolute Gasteiger partial charge is 0.463 e. The van der Waals surface area contributed by atoms with Crippen molar-refractivity contribution in [3.63, 3.8) is 0 Å². The van der Waals surface area contributed by atoms with Crippen LogP contribution in [0.1, 0.15) is 56.5 Å². The van der Waals surface area contributed by atoms with Crippen molar-refractivity contribution in [2.75, 3.05) is 13.2 Å². The minimum absolute atomic E-state index is 0.0684. The van der Waals surface area contributed by atoms with Crippen molar-refractivity contribution in [2.45, 2.75) is 52.5 Å². The van der Waals surface area contributed by atoms with Crippen LogP contribution in [-0.2, 0) is 30.3 Å². The van der Waals surface area contributed by atoms with Crippen LogP contribution in [0.2, 0.25) is 0 Å². The molecule has 148 valence electrons. The number of carbonyl (C=O) groups is 4. The van der Waals surface area contributed by atoms with Crippen LogP contribution in [-0.4, -0.2) is 42.4 Å². The highest BCUT2D eigenvalue weighted by atomic mass is 16.5. The number of Topliss-reactive ketones (excluding diaryl/α,β-unsaturated/α-hetero) is 1. The van der Waals surface area contributed by atoms with E-state index in [1.54, 1.807) is 12.1 Å². The van der Waals surface area contributed by atoms with Gasteiger partial charge in [0.05, 0.1) is 0 Å². The number of hydrogen-bond donors (Lipinski definition) is 1. The summed E-state index contributed by atoms with van der Waals surface area (Å²) in [6.45, 7) is 5.48. The third-order valence-electron chi connectivity index (χ3n) is 4.03. The average molecular weight is 377 g/mol. The fraction of sp³-hybridized carbons (Fsp3) is 0.500. The van der Waals surface area contributed by atoms with Gasteiger partial charge >= 0.3 is 11.9 Å². The second-order valence-corrected chi connectivity index (χ2v) is 6.50. The van der Waals surface area contributed by atoms with E-state index in [9.17, 15) is 19.2 Å². The maximum absolute atomic E-state index is 11.7. The number of esters is 2. The van der Waals surface area contributed by atoms with Gasteiger partial charge in [-0.3, -0.25) is 19.2 Å². The summed E-state index contributed by atoms with van der Waals surface area (Å²) in [4.78, 5) is 45.9. The first-order valence-corrected chi connectivity index (χ1v) is 8.85. The molecule has 0 radical (unpaired) electrons. The molecule has 0 spiro atoms. The molecule has 0 fully saturated rings. The zero-order valence-electron chi connectivity index (χ0n) is 16.3. The van der Waals surface area contributed by atoms with Gasteiger partial charge in [0.1, 0.15) is 18.8 Å². The lowest BCUT2D eigenvalue weighted by Crippen LogP contribution is -2.55. The molecule has 7 heteroatoms. The fourth-order valence-electron chi connectivity index (χ4n) is 2.62. The smallest absolute Gasteiger partial charge is 0.302 e. The first-order chi connectivity index (χ1) is 12.7. The Balaban J connectivity index is 2.95. The Kier molecular flexibility index (Phi) is 8.65. The van der Waals surface area contributed by atoms with Crippen LogP contribution in [0.25, 0.3) is 0 Å². The molecule has 0 heterocycles. The second kappa shape index (κ2) is 10.4. The molecule has 1 amide bonds. The Bertz CT molecular complexity index is 662. The number of hydrogen-bond acceptors (Lipinski definition) is 6.